The van der Waals surface area contributed by atoms with Crippen molar-refractivity contribution >= 4 is 51.9 Å². The molecule has 0 aromatic heterocycles. The van der Waals surface area contributed by atoms with Gasteiger partial charge in [0.15, 0.2) is 0 Å². The minimum atomic E-state index is -0.0694. The van der Waals surface area contributed by atoms with Crippen LogP contribution in [-0.2, 0) is 0 Å². The van der Waals surface area contributed by atoms with E-state index in [0.29, 0.717) is 10.6 Å². The van der Waals surface area contributed by atoms with Gasteiger partial charge in [-0.1, -0.05) is 29.8 Å². The molecule has 1 heterocycles. The highest BCUT2D eigenvalue weighted by Crippen LogP contribution is 2.36. The third-order valence-electron chi connectivity index (χ3n) is 3.45. The second-order valence-corrected chi connectivity index (χ2v) is 7.54. The Kier molecular flexibility index (Phi) is 4.76. The van der Waals surface area contributed by atoms with Gasteiger partial charge in [0.25, 0.3) is 5.91 Å². The normalized spacial score (nSPS) is 17.1. The van der Waals surface area contributed by atoms with Crippen LogP contribution in [0.4, 0.5) is 0 Å². The van der Waals surface area contributed by atoms with Gasteiger partial charge < -0.3 is 5.32 Å². The molecule has 1 amide bonds. The number of benzene rings is 2. The summed E-state index contributed by atoms with van der Waals surface area (Å²) in [5, 5.41) is 3.74. The number of hydrogen-bond donors (Lipinski definition) is 1. The number of hydrogen-bond acceptors (Lipinski definition) is 2. The molecule has 1 unspecified atom stereocenters. The molecule has 2 aromatic carbocycles. The first-order valence-electron chi connectivity index (χ1n) is 6.63. The second-order valence-electron chi connectivity index (χ2n) is 4.83. The van der Waals surface area contributed by atoms with E-state index < -0.39 is 0 Å². The highest BCUT2D eigenvalue weighted by molar-refractivity contribution is 14.1. The topological polar surface area (TPSA) is 29.1 Å². The van der Waals surface area contributed by atoms with Crippen molar-refractivity contribution in [1.82, 2.24) is 5.32 Å². The number of fused-ring (bicyclic) bond motifs is 1. The summed E-state index contributed by atoms with van der Waals surface area (Å²) in [6.07, 6.45) is 0.950. The van der Waals surface area contributed by atoms with Crippen LogP contribution in [0.15, 0.2) is 47.4 Å². The minimum Gasteiger partial charge on any atom is -0.345 e. The molecule has 108 valence electrons. The van der Waals surface area contributed by atoms with Crippen LogP contribution in [0.2, 0.25) is 5.02 Å². The predicted molar refractivity (Wildman–Crippen MR) is 96.2 cm³/mol. The van der Waals surface area contributed by atoms with Crippen LogP contribution >= 0.6 is 46.0 Å². The van der Waals surface area contributed by atoms with E-state index in [-0.39, 0.29) is 11.9 Å². The monoisotopic (exact) mass is 429 g/mol. The average molecular weight is 430 g/mol. The van der Waals surface area contributed by atoms with Crippen molar-refractivity contribution in [2.24, 2.45) is 0 Å². The summed E-state index contributed by atoms with van der Waals surface area (Å²) >= 11 is 10.1. The van der Waals surface area contributed by atoms with Gasteiger partial charge in [-0.25, -0.2) is 0 Å². The van der Waals surface area contributed by atoms with Crippen molar-refractivity contribution in [1.29, 1.82) is 0 Å². The number of nitrogens with one attached hydrogen (secondary N) is 1. The Morgan fingerprint density at radius 3 is 2.90 bits per heavy atom. The molecule has 2 aromatic rings. The van der Waals surface area contributed by atoms with E-state index in [0.717, 1.165) is 15.7 Å². The fraction of sp³-hybridized carbons (Fsp3) is 0.188. The minimum absolute atomic E-state index is 0.0694. The van der Waals surface area contributed by atoms with E-state index in [4.69, 9.17) is 11.6 Å². The zero-order chi connectivity index (χ0) is 14.8. The highest BCUT2D eigenvalue weighted by atomic mass is 127. The molecule has 0 saturated heterocycles. The zero-order valence-corrected chi connectivity index (χ0v) is 14.8. The molecule has 3 rings (SSSR count). The third-order valence-corrected chi connectivity index (χ3v) is 6.14. The molecule has 0 bridgehead atoms. The number of carbonyl (C=O) groups is 1. The smallest absolute Gasteiger partial charge is 0.251 e. The number of thioether (sulfide) groups is 1. The first kappa shape index (κ1) is 15.2. The fourth-order valence-electron chi connectivity index (χ4n) is 2.37. The number of halogens is 2. The van der Waals surface area contributed by atoms with E-state index in [1.54, 1.807) is 6.07 Å². The van der Waals surface area contributed by atoms with Crippen LogP contribution in [0, 0.1) is 3.57 Å². The molecule has 0 spiro atoms. The maximum absolute atomic E-state index is 12.4. The van der Waals surface area contributed by atoms with Crippen molar-refractivity contribution in [3.8, 4) is 0 Å². The largest absolute Gasteiger partial charge is 0.345 e. The van der Waals surface area contributed by atoms with Gasteiger partial charge in [-0.2, -0.15) is 0 Å². The van der Waals surface area contributed by atoms with Crippen LogP contribution in [0.1, 0.15) is 28.4 Å². The van der Waals surface area contributed by atoms with E-state index in [1.165, 1.54) is 10.5 Å². The lowest BCUT2D eigenvalue weighted by atomic mass is 10.0. The van der Waals surface area contributed by atoms with Gasteiger partial charge in [-0.3, -0.25) is 4.79 Å². The Morgan fingerprint density at radius 2 is 2.10 bits per heavy atom. The van der Waals surface area contributed by atoms with Gasteiger partial charge in [0.1, 0.15) is 0 Å². The number of amides is 1. The molecule has 0 aliphatic carbocycles. The Bertz CT molecular complexity index is 692. The lowest BCUT2D eigenvalue weighted by Gasteiger charge is -2.26. The van der Waals surface area contributed by atoms with Crippen LogP contribution in [0.3, 0.4) is 0 Å². The summed E-state index contributed by atoms with van der Waals surface area (Å²) in [7, 11) is 0. The Balaban J connectivity index is 1.81. The van der Waals surface area contributed by atoms with Gasteiger partial charge in [0.05, 0.1) is 11.1 Å². The van der Waals surface area contributed by atoms with E-state index in [2.05, 4.69) is 40.0 Å². The Hall–Kier alpha value is -0.720. The van der Waals surface area contributed by atoms with Gasteiger partial charge in [0, 0.05) is 19.8 Å². The van der Waals surface area contributed by atoms with E-state index in [1.807, 2.05) is 36.0 Å². The standard InChI is InChI=1S/C16H13ClINOS/c17-12-9-10(5-6-13(12)18)16(20)19-14-7-8-21-15-4-2-1-3-11(14)15/h1-6,9,14H,7-8H2,(H,19,20). The summed E-state index contributed by atoms with van der Waals surface area (Å²) in [5.41, 5.74) is 1.81. The third kappa shape index (κ3) is 3.38. The quantitative estimate of drug-likeness (QED) is 0.687. The van der Waals surface area contributed by atoms with Crippen LogP contribution in [-0.4, -0.2) is 11.7 Å². The van der Waals surface area contributed by atoms with Crippen LogP contribution in [0.5, 0.6) is 0 Å². The van der Waals surface area contributed by atoms with E-state index in [9.17, 15) is 4.79 Å². The van der Waals surface area contributed by atoms with Crippen molar-refractivity contribution in [2.45, 2.75) is 17.4 Å². The summed E-state index contributed by atoms with van der Waals surface area (Å²) in [4.78, 5) is 13.7. The molecule has 1 aliphatic heterocycles. The molecule has 1 aliphatic rings. The molecule has 1 N–H and O–H groups in total. The molecular formula is C16H13ClINOS. The maximum Gasteiger partial charge on any atom is 0.251 e. The van der Waals surface area contributed by atoms with Crippen LogP contribution in [0.25, 0.3) is 0 Å². The molecule has 0 radical (unpaired) electrons. The highest BCUT2D eigenvalue weighted by Gasteiger charge is 2.22. The zero-order valence-electron chi connectivity index (χ0n) is 11.1. The molecule has 0 fully saturated rings. The fourth-order valence-corrected chi connectivity index (χ4v) is 4.01. The second kappa shape index (κ2) is 6.58. The number of rotatable bonds is 2. The van der Waals surface area contributed by atoms with Crippen molar-refractivity contribution < 1.29 is 4.79 Å². The average Bonchev–Trinajstić information content (AvgIpc) is 2.50. The Morgan fingerprint density at radius 1 is 1.29 bits per heavy atom. The van der Waals surface area contributed by atoms with Gasteiger partial charge in [-0.05, 0) is 58.8 Å². The maximum atomic E-state index is 12.4. The molecular weight excluding hydrogens is 417 g/mol. The molecule has 0 saturated carbocycles. The SMILES string of the molecule is O=C(NC1CCSc2ccccc21)c1ccc(I)c(Cl)c1. The van der Waals surface area contributed by atoms with Gasteiger partial charge in [0.2, 0.25) is 0 Å². The van der Waals surface area contributed by atoms with Crippen LogP contribution < -0.4 is 5.32 Å². The molecule has 1 atom stereocenters. The van der Waals surface area contributed by atoms with Gasteiger partial charge in [-0.15, -0.1) is 11.8 Å². The Labute approximate surface area is 146 Å². The first-order valence-corrected chi connectivity index (χ1v) is 9.07. The van der Waals surface area contributed by atoms with Gasteiger partial charge >= 0.3 is 0 Å². The molecule has 21 heavy (non-hydrogen) atoms. The van der Waals surface area contributed by atoms with E-state index >= 15 is 0 Å². The molecule has 2 nitrogen and oxygen atoms in total. The predicted octanol–water partition coefficient (Wildman–Crippen LogP) is 4.91. The summed E-state index contributed by atoms with van der Waals surface area (Å²) < 4.78 is 0.949. The van der Waals surface area contributed by atoms with Crippen molar-refractivity contribution in [3.05, 3.63) is 62.2 Å². The molecule has 5 heteroatoms. The summed E-state index contributed by atoms with van der Waals surface area (Å²) in [6, 6.07) is 13.7. The van der Waals surface area contributed by atoms with Crippen molar-refractivity contribution in [3.63, 3.8) is 0 Å². The lowest BCUT2D eigenvalue weighted by molar-refractivity contribution is 0.0935. The lowest BCUT2D eigenvalue weighted by Crippen LogP contribution is -2.30. The van der Waals surface area contributed by atoms with Crippen molar-refractivity contribution in [2.75, 3.05) is 5.75 Å². The summed E-state index contributed by atoms with van der Waals surface area (Å²) in [6.45, 7) is 0. The number of carbonyl (C=O) groups excluding carboxylic acids is 1. The summed E-state index contributed by atoms with van der Waals surface area (Å²) in [5.74, 6) is 0.954. The first-order chi connectivity index (χ1) is 10.1.